The predicted octanol–water partition coefficient (Wildman–Crippen LogP) is 7.88. The van der Waals surface area contributed by atoms with Gasteiger partial charge in [0.1, 0.15) is 18.3 Å². The van der Waals surface area contributed by atoms with Crippen molar-refractivity contribution in [1.82, 2.24) is 5.32 Å². The largest absolute Gasteiger partial charge is 0.368 e. The van der Waals surface area contributed by atoms with Crippen LogP contribution in [-0.2, 0) is 37.0 Å². The zero-order chi connectivity index (χ0) is 29.2. The molecule has 1 N–H and O–H groups in total. The van der Waals surface area contributed by atoms with E-state index in [9.17, 15) is 4.79 Å². The third-order valence-electron chi connectivity index (χ3n) is 8.48. The fourth-order valence-electron chi connectivity index (χ4n) is 6.02. The van der Waals surface area contributed by atoms with Gasteiger partial charge in [0, 0.05) is 6.42 Å². The van der Waals surface area contributed by atoms with E-state index in [1.165, 1.54) is 70.6 Å². The summed E-state index contributed by atoms with van der Waals surface area (Å²) in [6, 6.07) is 19.8. The molecule has 4 rings (SSSR count). The summed E-state index contributed by atoms with van der Waals surface area (Å²) in [7, 11) is 0. The number of hydrogen-bond donors (Lipinski definition) is 1. The molecule has 0 radical (unpaired) electrons. The monoisotopic (exact) mass is 579 g/mol. The highest BCUT2D eigenvalue weighted by atomic mass is 16.8. The minimum Gasteiger partial charge on any atom is -0.368 e. The van der Waals surface area contributed by atoms with E-state index >= 15 is 0 Å². The summed E-state index contributed by atoms with van der Waals surface area (Å²) in [5.41, 5.74) is 2.15. The molecule has 0 unspecified atom stereocenters. The van der Waals surface area contributed by atoms with Crippen LogP contribution in [0.4, 0.5) is 0 Å². The second-order valence-electron chi connectivity index (χ2n) is 12.0. The van der Waals surface area contributed by atoms with Crippen LogP contribution < -0.4 is 5.32 Å². The molecule has 0 aliphatic carbocycles. The molecular formula is C36H53NO5. The van der Waals surface area contributed by atoms with Crippen molar-refractivity contribution < 1.29 is 23.7 Å². The SMILES string of the molecule is CCCCCCCCCCCCCCCC(=O)N[C@@H]1[C@@H](OCc2ccccc2)[C@@H]2OC[C@@H](O2)[C@H]1OCc1ccccc1. The Hall–Kier alpha value is -2.25. The van der Waals surface area contributed by atoms with Gasteiger partial charge in [-0.25, -0.2) is 0 Å². The molecule has 1 amide bonds. The van der Waals surface area contributed by atoms with Gasteiger partial charge in [-0.1, -0.05) is 145 Å². The highest BCUT2D eigenvalue weighted by Gasteiger charge is 2.52. The first kappa shape index (κ1) is 32.7. The van der Waals surface area contributed by atoms with Crippen molar-refractivity contribution in [2.45, 2.75) is 141 Å². The van der Waals surface area contributed by atoms with E-state index < -0.39 is 12.4 Å². The van der Waals surface area contributed by atoms with Gasteiger partial charge in [0.2, 0.25) is 5.91 Å². The number of unbranched alkanes of at least 4 members (excludes halogenated alkanes) is 12. The number of amides is 1. The zero-order valence-electron chi connectivity index (χ0n) is 25.7. The van der Waals surface area contributed by atoms with E-state index in [0.29, 0.717) is 26.2 Å². The summed E-state index contributed by atoms with van der Waals surface area (Å²) >= 11 is 0. The van der Waals surface area contributed by atoms with Crippen LogP contribution in [0.15, 0.2) is 60.7 Å². The third kappa shape index (κ3) is 11.1. The maximum atomic E-state index is 13.2. The number of fused-ring (bicyclic) bond motifs is 2. The zero-order valence-corrected chi connectivity index (χ0v) is 25.7. The highest BCUT2D eigenvalue weighted by molar-refractivity contribution is 5.76. The second kappa shape index (κ2) is 19.1. The summed E-state index contributed by atoms with van der Waals surface area (Å²) in [6.07, 6.45) is 15.7. The first-order valence-corrected chi connectivity index (χ1v) is 16.6. The van der Waals surface area contributed by atoms with Crippen LogP contribution in [0, 0.1) is 0 Å². The summed E-state index contributed by atoms with van der Waals surface area (Å²) in [6.45, 7) is 3.55. The van der Waals surface area contributed by atoms with Gasteiger partial charge < -0.3 is 24.3 Å². The average Bonchev–Trinajstić information content (AvgIpc) is 3.45. The van der Waals surface area contributed by atoms with E-state index in [2.05, 4.69) is 12.2 Å². The van der Waals surface area contributed by atoms with Crippen molar-refractivity contribution in [3.63, 3.8) is 0 Å². The van der Waals surface area contributed by atoms with E-state index in [-0.39, 0.29) is 24.2 Å². The van der Waals surface area contributed by atoms with Gasteiger partial charge in [-0.2, -0.15) is 0 Å². The van der Waals surface area contributed by atoms with E-state index in [1.807, 2.05) is 60.7 Å². The van der Waals surface area contributed by atoms with Gasteiger partial charge >= 0.3 is 0 Å². The third-order valence-corrected chi connectivity index (χ3v) is 8.48. The Morgan fingerprint density at radius 2 is 1.21 bits per heavy atom. The number of rotatable bonds is 21. The molecule has 2 aromatic carbocycles. The van der Waals surface area contributed by atoms with Crippen LogP contribution >= 0.6 is 0 Å². The van der Waals surface area contributed by atoms with Crippen LogP contribution in [-0.4, -0.2) is 43.2 Å². The lowest BCUT2D eigenvalue weighted by molar-refractivity contribution is -0.224. The Balaban J connectivity index is 1.22. The Bertz CT molecular complexity index is 929. The standard InChI is InChI=1S/C36H53NO5/c1-2-3-4-5-6-7-8-9-10-11-12-13-20-25-32(38)37-33-34(39-26-29-21-16-14-17-22-29)31-28-41-36(42-31)35(33)40-27-30-23-18-15-19-24-30/h14-19,21-24,31,33-36H,2-13,20,25-28H2,1H3,(H,37,38)/t31-,33+,34-,35-,36-/m1/s1. The average molecular weight is 580 g/mol. The molecule has 42 heavy (non-hydrogen) atoms. The van der Waals surface area contributed by atoms with Crippen LogP contribution in [0.2, 0.25) is 0 Å². The first-order chi connectivity index (χ1) is 20.7. The molecule has 6 nitrogen and oxygen atoms in total. The van der Waals surface area contributed by atoms with Crippen molar-refractivity contribution >= 4 is 5.91 Å². The quantitative estimate of drug-likeness (QED) is 0.152. The van der Waals surface area contributed by atoms with Gasteiger partial charge in [0.25, 0.3) is 0 Å². The molecule has 2 aliphatic rings. The Labute approximate surface area is 253 Å². The van der Waals surface area contributed by atoms with Crippen LogP contribution in [0.3, 0.4) is 0 Å². The maximum Gasteiger partial charge on any atom is 0.220 e. The Morgan fingerprint density at radius 1 is 0.714 bits per heavy atom. The van der Waals surface area contributed by atoms with Gasteiger partial charge in [0.15, 0.2) is 6.29 Å². The van der Waals surface area contributed by atoms with Crippen molar-refractivity contribution in [3.05, 3.63) is 71.8 Å². The molecular weight excluding hydrogens is 526 g/mol. The topological polar surface area (TPSA) is 66.0 Å². The molecule has 2 saturated heterocycles. The van der Waals surface area contributed by atoms with Gasteiger partial charge in [-0.05, 0) is 17.5 Å². The number of carbonyl (C=O) groups is 1. The smallest absolute Gasteiger partial charge is 0.220 e. The highest BCUT2D eigenvalue weighted by Crippen LogP contribution is 2.33. The Morgan fingerprint density at radius 3 is 1.76 bits per heavy atom. The maximum absolute atomic E-state index is 13.2. The molecule has 5 atom stereocenters. The molecule has 232 valence electrons. The molecule has 0 spiro atoms. The molecule has 2 aromatic rings. The number of carbonyl (C=O) groups excluding carboxylic acids is 1. The molecule has 2 heterocycles. The van der Waals surface area contributed by atoms with Crippen LogP contribution in [0.5, 0.6) is 0 Å². The van der Waals surface area contributed by atoms with Crippen molar-refractivity contribution in [2.75, 3.05) is 6.61 Å². The minimum absolute atomic E-state index is 0.0472. The summed E-state index contributed by atoms with van der Waals surface area (Å²) in [4.78, 5) is 13.2. The van der Waals surface area contributed by atoms with Crippen molar-refractivity contribution in [1.29, 1.82) is 0 Å². The number of nitrogens with one attached hydrogen (secondary N) is 1. The second-order valence-corrected chi connectivity index (χ2v) is 12.0. The fraction of sp³-hybridized carbons (Fsp3) is 0.639. The lowest BCUT2D eigenvalue weighted by Gasteiger charge is -2.41. The van der Waals surface area contributed by atoms with E-state index in [4.69, 9.17) is 18.9 Å². The van der Waals surface area contributed by atoms with Gasteiger partial charge in [-0.15, -0.1) is 0 Å². The summed E-state index contributed by atoms with van der Waals surface area (Å²) in [5, 5.41) is 3.29. The van der Waals surface area contributed by atoms with E-state index in [0.717, 1.165) is 24.0 Å². The molecule has 2 aliphatic heterocycles. The molecule has 2 fully saturated rings. The van der Waals surface area contributed by atoms with Crippen LogP contribution in [0.25, 0.3) is 0 Å². The lowest BCUT2D eigenvalue weighted by Crippen LogP contribution is -2.62. The van der Waals surface area contributed by atoms with Gasteiger partial charge in [0.05, 0.1) is 25.9 Å². The summed E-state index contributed by atoms with van der Waals surface area (Å²) < 4.78 is 24.9. The number of ether oxygens (including phenoxy) is 4. The molecule has 0 aromatic heterocycles. The first-order valence-electron chi connectivity index (χ1n) is 16.6. The van der Waals surface area contributed by atoms with Crippen LogP contribution in [0.1, 0.15) is 108 Å². The molecule has 0 saturated carbocycles. The number of benzene rings is 2. The van der Waals surface area contributed by atoms with Crippen molar-refractivity contribution in [3.8, 4) is 0 Å². The fourth-order valence-corrected chi connectivity index (χ4v) is 6.02. The van der Waals surface area contributed by atoms with Crippen molar-refractivity contribution in [2.24, 2.45) is 0 Å². The van der Waals surface area contributed by atoms with E-state index in [1.54, 1.807) is 0 Å². The molecule has 6 heteroatoms. The normalized spacial score (nSPS) is 23.2. The predicted molar refractivity (Wildman–Crippen MR) is 167 cm³/mol. The summed E-state index contributed by atoms with van der Waals surface area (Å²) in [5.74, 6) is 0.0472. The minimum atomic E-state index is -0.517. The number of hydrogen-bond acceptors (Lipinski definition) is 5. The molecule has 2 bridgehead atoms. The lowest BCUT2D eigenvalue weighted by atomic mass is 9.96. The van der Waals surface area contributed by atoms with Gasteiger partial charge in [-0.3, -0.25) is 4.79 Å². The Kier molecular flexibility index (Phi) is 14.9.